The van der Waals surface area contributed by atoms with Crippen LogP contribution in [0.1, 0.15) is 43.5 Å². The van der Waals surface area contributed by atoms with Crippen molar-refractivity contribution in [1.82, 2.24) is 9.80 Å². The van der Waals surface area contributed by atoms with Crippen LogP contribution in [0.3, 0.4) is 0 Å². The number of amides is 1. The molecule has 0 aromatic heterocycles. The van der Waals surface area contributed by atoms with Crippen LogP contribution in [0.2, 0.25) is 0 Å². The maximum absolute atomic E-state index is 13.9. The quantitative estimate of drug-likeness (QED) is 0.409. The normalized spacial score (nSPS) is 25.4. The molecular formula is C29H32N2O4. The third kappa shape index (κ3) is 3.89. The van der Waals surface area contributed by atoms with E-state index in [0.29, 0.717) is 38.7 Å². The van der Waals surface area contributed by atoms with Crippen LogP contribution in [0, 0.1) is 0 Å². The number of likely N-dealkylation sites (tertiary alicyclic amines) is 1. The smallest absolute Gasteiger partial charge is 0.340 e. The number of morpholine rings is 1. The molecule has 182 valence electrons. The number of carbonyl (C=O) groups is 2. The van der Waals surface area contributed by atoms with Crippen LogP contribution in [0.25, 0.3) is 21.5 Å². The fourth-order valence-corrected chi connectivity index (χ4v) is 6.33. The lowest BCUT2D eigenvalue weighted by atomic mass is 9.90. The molecule has 3 aliphatic heterocycles. The number of cyclic esters (lactones) is 1. The zero-order valence-corrected chi connectivity index (χ0v) is 20.5. The third-order valence-electron chi connectivity index (χ3n) is 7.92. The number of nitrogens with zero attached hydrogens (tertiary/aromatic N) is 2. The molecule has 3 fully saturated rings. The van der Waals surface area contributed by atoms with Gasteiger partial charge in [-0.15, -0.1) is 0 Å². The van der Waals surface area contributed by atoms with Gasteiger partial charge in [0.25, 0.3) is 5.91 Å². The van der Waals surface area contributed by atoms with Gasteiger partial charge in [-0.05, 0) is 54.3 Å². The van der Waals surface area contributed by atoms with Gasteiger partial charge in [0, 0.05) is 38.6 Å². The monoisotopic (exact) mass is 472 g/mol. The molecule has 1 amide bonds. The van der Waals surface area contributed by atoms with Crippen LogP contribution in [0.4, 0.5) is 0 Å². The molecule has 3 aromatic rings. The lowest BCUT2D eigenvalue weighted by Gasteiger charge is -2.44. The first-order chi connectivity index (χ1) is 16.9. The SMILES string of the molecule is CC1(C)CC2(CN(C3CCN(C(=O)c4c5ccccc5cc5ccccc45)CC3)CCO2)C(=O)O1. The summed E-state index contributed by atoms with van der Waals surface area (Å²) < 4.78 is 11.6. The van der Waals surface area contributed by atoms with E-state index in [1.54, 1.807) is 0 Å². The molecule has 1 atom stereocenters. The van der Waals surface area contributed by atoms with E-state index in [9.17, 15) is 9.59 Å². The zero-order valence-electron chi connectivity index (χ0n) is 20.5. The van der Waals surface area contributed by atoms with Crippen LogP contribution in [0.5, 0.6) is 0 Å². The fraction of sp³-hybridized carbons (Fsp3) is 0.448. The molecule has 6 nitrogen and oxygen atoms in total. The minimum Gasteiger partial charge on any atom is -0.457 e. The maximum atomic E-state index is 13.9. The molecule has 3 aromatic carbocycles. The highest BCUT2D eigenvalue weighted by molar-refractivity contribution is 6.18. The summed E-state index contributed by atoms with van der Waals surface area (Å²) in [6.07, 6.45) is 2.37. The Morgan fingerprint density at radius 2 is 1.57 bits per heavy atom. The molecular weight excluding hydrogens is 440 g/mol. The molecule has 3 saturated heterocycles. The largest absolute Gasteiger partial charge is 0.457 e. The van der Waals surface area contributed by atoms with Gasteiger partial charge in [0.2, 0.25) is 0 Å². The van der Waals surface area contributed by atoms with Crippen LogP contribution < -0.4 is 0 Å². The number of benzene rings is 3. The zero-order chi connectivity index (χ0) is 24.2. The van der Waals surface area contributed by atoms with E-state index >= 15 is 0 Å². The number of esters is 1. The summed E-state index contributed by atoms with van der Waals surface area (Å²) in [6.45, 7) is 7.23. The Morgan fingerprint density at radius 1 is 0.943 bits per heavy atom. The molecule has 0 bridgehead atoms. The van der Waals surface area contributed by atoms with Gasteiger partial charge in [0.15, 0.2) is 5.60 Å². The molecule has 35 heavy (non-hydrogen) atoms. The predicted molar refractivity (Wildman–Crippen MR) is 135 cm³/mol. The predicted octanol–water partition coefficient (Wildman–Crippen LogP) is 4.39. The summed E-state index contributed by atoms with van der Waals surface area (Å²) in [7, 11) is 0. The summed E-state index contributed by atoms with van der Waals surface area (Å²) in [6, 6.07) is 18.8. The van der Waals surface area contributed by atoms with Crippen molar-refractivity contribution in [2.75, 3.05) is 32.8 Å². The highest BCUT2D eigenvalue weighted by atomic mass is 16.6. The van der Waals surface area contributed by atoms with Crippen LogP contribution >= 0.6 is 0 Å². The highest BCUT2D eigenvalue weighted by Crippen LogP contribution is 2.39. The molecule has 0 saturated carbocycles. The van der Waals surface area contributed by atoms with Crippen LogP contribution in [0.15, 0.2) is 54.6 Å². The standard InChI is InChI=1S/C29H32N2O4/c1-28(2)18-29(27(33)35-28)19-31(15-16-34-29)22-11-13-30(14-12-22)26(32)25-23-9-5-3-7-20(23)17-21-8-4-6-10-24(21)25/h3-10,17,22H,11-16,18-19H2,1-2H3. The molecule has 0 aliphatic carbocycles. The molecule has 0 N–H and O–H groups in total. The topological polar surface area (TPSA) is 59.1 Å². The number of ether oxygens (including phenoxy) is 2. The van der Waals surface area contributed by atoms with Gasteiger partial charge in [-0.25, -0.2) is 4.79 Å². The number of rotatable bonds is 2. The first-order valence-electron chi connectivity index (χ1n) is 12.7. The Hall–Kier alpha value is -2.96. The number of hydrogen-bond donors (Lipinski definition) is 0. The lowest BCUT2D eigenvalue weighted by molar-refractivity contribution is -0.172. The summed E-state index contributed by atoms with van der Waals surface area (Å²) in [5, 5.41) is 4.20. The number of hydrogen-bond acceptors (Lipinski definition) is 5. The Kier molecular flexibility index (Phi) is 5.35. The van der Waals surface area contributed by atoms with Crippen molar-refractivity contribution >= 4 is 33.4 Å². The number of carbonyl (C=O) groups excluding carboxylic acids is 2. The van der Waals surface area contributed by atoms with Crippen molar-refractivity contribution in [2.24, 2.45) is 0 Å². The third-order valence-corrected chi connectivity index (χ3v) is 7.92. The van der Waals surface area contributed by atoms with E-state index in [4.69, 9.17) is 9.47 Å². The lowest BCUT2D eigenvalue weighted by Crippen LogP contribution is -2.59. The Balaban J connectivity index is 1.21. The molecule has 3 heterocycles. The van der Waals surface area contributed by atoms with E-state index in [-0.39, 0.29) is 11.9 Å². The number of fused-ring (bicyclic) bond motifs is 2. The molecule has 3 aliphatic rings. The highest BCUT2D eigenvalue weighted by Gasteiger charge is 2.56. The van der Waals surface area contributed by atoms with Crippen molar-refractivity contribution in [3.05, 3.63) is 60.2 Å². The van der Waals surface area contributed by atoms with Crippen molar-refractivity contribution < 1.29 is 19.1 Å². The number of piperidine rings is 1. The second kappa shape index (κ2) is 8.32. The van der Waals surface area contributed by atoms with Gasteiger partial charge in [-0.1, -0.05) is 48.5 Å². The van der Waals surface area contributed by atoms with Gasteiger partial charge < -0.3 is 14.4 Å². The van der Waals surface area contributed by atoms with E-state index in [1.165, 1.54) is 0 Å². The van der Waals surface area contributed by atoms with Crippen LogP contribution in [-0.4, -0.2) is 71.7 Å². The maximum Gasteiger partial charge on any atom is 0.340 e. The van der Waals surface area contributed by atoms with Gasteiger partial charge in [-0.3, -0.25) is 9.69 Å². The van der Waals surface area contributed by atoms with E-state index in [2.05, 4.69) is 35.2 Å². The molecule has 1 unspecified atom stereocenters. The van der Waals surface area contributed by atoms with Crippen molar-refractivity contribution in [1.29, 1.82) is 0 Å². The molecule has 6 rings (SSSR count). The minimum atomic E-state index is -0.851. The summed E-state index contributed by atoms with van der Waals surface area (Å²) >= 11 is 0. The first kappa shape index (κ1) is 22.5. The first-order valence-corrected chi connectivity index (χ1v) is 12.7. The molecule has 6 heteroatoms. The summed E-state index contributed by atoms with van der Waals surface area (Å²) in [5.41, 5.74) is -0.536. The second-order valence-corrected chi connectivity index (χ2v) is 10.9. The van der Waals surface area contributed by atoms with Gasteiger partial charge in [0.05, 0.1) is 12.2 Å². The Morgan fingerprint density at radius 3 is 2.17 bits per heavy atom. The average molecular weight is 473 g/mol. The summed E-state index contributed by atoms with van der Waals surface area (Å²) in [5.74, 6) is -0.126. The second-order valence-electron chi connectivity index (χ2n) is 10.9. The van der Waals surface area contributed by atoms with Gasteiger partial charge in [0.1, 0.15) is 5.60 Å². The van der Waals surface area contributed by atoms with E-state index < -0.39 is 11.2 Å². The van der Waals surface area contributed by atoms with Gasteiger partial charge >= 0.3 is 5.97 Å². The van der Waals surface area contributed by atoms with E-state index in [1.807, 2.05) is 43.0 Å². The Labute approximate surface area is 205 Å². The van der Waals surface area contributed by atoms with Crippen molar-refractivity contribution in [2.45, 2.75) is 50.4 Å². The van der Waals surface area contributed by atoms with Gasteiger partial charge in [-0.2, -0.15) is 0 Å². The summed E-state index contributed by atoms with van der Waals surface area (Å²) in [4.78, 5) is 30.9. The van der Waals surface area contributed by atoms with Crippen molar-refractivity contribution in [3.63, 3.8) is 0 Å². The van der Waals surface area contributed by atoms with E-state index in [0.717, 1.165) is 46.5 Å². The average Bonchev–Trinajstić information content (AvgIpc) is 3.08. The molecule has 1 spiro atoms. The van der Waals surface area contributed by atoms with Crippen molar-refractivity contribution in [3.8, 4) is 0 Å². The molecule has 0 radical (unpaired) electrons. The minimum absolute atomic E-state index is 0.107. The fourth-order valence-electron chi connectivity index (χ4n) is 6.33. The Bertz CT molecular complexity index is 1260. The van der Waals surface area contributed by atoms with Crippen LogP contribution in [-0.2, 0) is 14.3 Å².